The summed E-state index contributed by atoms with van der Waals surface area (Å²) in [6.45, 7) is 2.19. The quantitative estimate of drug-likeness (QED) is 0.728. The van der Waals surface area contributed by atoms with Crippen LogP contribution < -0.4 is 4.74 Å². The SMILES string of the molecule is O=C(c1ccc(C2(O)COC2)cc1)N1CCC(CCOc2ccc(C(F)(F)F)cn2)CC1. The molecule has 1 N–H and O–H groups in total. The number of halogens is 3. The molecule has 1 amide bonds. The number of carbonyl (C=O) groups excluding carboxylic acids is 1. The van der Waals surface area contributed by atoms with Crippen LogP contribution >= 0.6 is 0 Å². The summed E-state index contributed by atoms with van der Waals surface area (Å²) >= 11 is 0. The monoisotopic (exact) mass is 450 g/mol. The van der Waals surface area contributed by atoms with Gasteiger partial charge in [0.15, 0.2) is 0 Å². The molecule has 9 heteroatoms. The number of alkyl halides is 3. The number of rotatable bonds is 6. The molecule has 2 aromatic rings. The zero-order valence-electron chi connectivity index (χ0n) is 17.5. The maximum Gasteiger partial charge on any atom is 0.417 e. The number of hydrogen-bond donors (Lipinski definition) is 1. The summed E-state index contributed by atoms with van der Waals surface area (Å²) in [6, 6.07) is 9.21. The van der Waals surface area contributed by atoms with Crippen molar-refractivity contribution in [3.05, 3.63) is 59.3 Å². The molecule has 32 heavy (non-hydrogen) atoms. The summed E-state index contributed by atoms with van der Waals surface area (Å²) in [5.41, 5.74) is -0.406. The van der Waals surface area contributed by atoms with Gasteiger partial charge in [-0.25, -0.2) is 4.98 Å². The normalized spacial score (nSPS) is 18.8. The van der Waals surface area contributed by atoms with Gasteiger partial charge in [0.2, 0.25) is 5.88 Å². The van der Waals surface area contributed by atoms with Gasteiger partial charge in [0.25, 0.3) is 5.91 Å². The molecule has 2 fully saturated rings. The number of amides is 1. The lowest BCUT2D eigenvalue weighted by Gasteiger charge is -2.37. The number of pyridine rings is 1. The van der Waals surface area contributed by atoms with Gasteiger partial charge in [0, 0.05) is 30.9 Å². The van der Waals surface area contributed by atoms with Gasteiger partial charge in [0.05, 0.1) is 25.4 Å². The zero-order valence-corrected chi connectivity index (χ0v) is 17.5. The van der Waals surface area contributed by atoms with Crippen molar-refractivity contribution < 1.29 is 32.5 Å². The third-order valence-corrected chi connectivity index (χ3v) is 6.09. The molecule has 4 rings (SSSR count). The first kappa shape index (κ1) is 22.5. The van der Waals surface area contributed by atoms with Crippen LogP contribution in [0.4, 0.5) is 13.2 Å². The first-order valence-electron chi connectivity index (χ1n) is 10.6. The van der Waals surface area contributed by atoms with E-state index in [0.717, 1.165) is 37.1 Å². The highest BCUT2D eigenvalue weighted by atomic mass is 19.4. The fourth-order valence-corrected chi connectivity index (χ4v) is 3.96. The fourth-order valence-electron chi connectivity index (χ4n) is 3.96. The molecule has 172 valence electrons. The number of aromatic nitrogens is 1. The standard InChI is InChI=1S/C23H25F3N2O4/c24-23(25,26)19-5-6-20(27-13-19)32-12-9-16-7-10-28(11-8-16)21(29)17-1-3-18(4-2-17)22(30)14-31-15-22/h1-6,13,16,30H,7-12,14-15H2. The Kier molecular flexibility index (Phi) is 6.39. The molecule has 1 aromatic carbocycles. The second-order valence-corrected chi connectivity index (χ2v) is 8.36. The predicted molar refractivity (Wildman–Crippen MR) is 109 cm³/mol. The Morgan fingerprint density at radius 1 is 1.16 bits per heavy atom. The Labute approximate surface area is 184 Å². The highest BCUT2D eigenvalue weighted by molar-refractivity contribution is 5.94. The van der Waals surface area contributed by atoms with Gasteiger partial charge in [-0.2, -0.15) is 13.2 Å². The average Bonchev–Trinajstić information content (AvgIpc) is 2.77. The third kappa shape index (κ3) is 5.05. The second-order valence-electron chi connectivity index (χ2n) is 8.36. The van der Waals surface area contributed by atoms with Gasteiger partial charge in [-0.3, -0.25) is 4.79 Å². The molecule has 0 unspecified atom stereocenters. The lowest BCUT2D eigenvalue weighted by Crippen LogP contribution is -2.46. The number of ether oxygens (including phenoxy) is 2. The minimum Gasteiger partial charge on any atom is -0.478 e. The van der Waals surface area contributed by atoms with Crippen LogP contribution in [0.2, 0.25) is 0 Å². The van der Waals surface area contributed by atoms with Crippen LogP contribution in [0.1, 0.15) is 40.7 Å². The molecule has 0 atom stereocenters. The molecule has 0 spiro atoms. The van der Waals surface area contributed by atoms with Crippen molar-refractivity contribution in [3.63, 3.8) is 0 Å². The average molecular weight is 450 g/mol. The summed E-state index contributed by atoms with van der Waals surface area (Å²) in [6.07, 6.45) is -1.21. The maximum absolute atomic E-state index is 12.8. The van der Waals surface area contributed by atoms with Crippen molar-refractivity contribution in [1.29, 1.82) is 0 Å². The largest absolute Gasteiger partial charge is 0.478 e. The smallest absolute Gasteiger partial charge is 0.417 e. The molecule has 1 aromatic heterocycles. The van der Waals surface area contributed by atoms with Crippen LogP contribution in [0.15, 0.2) is 42.6 Å². The first-order chi connectivity index (χ1) is 15.2. The number of piperidine rings is 1. The summed E-state index contributed by atoms with van der Waals surface area (Å²) < 4.78 is 48.3. The van der Waals surface area contributed by atoms with Gasteiger partial charge < -0.3 is 19.5 Å². The van der Waals surface area contributed by atoms with Crippen LogP contribution in [0, 0.1) is 5.92 Å². The van der Waals surface area contributed by atoms with E-state index in [2.05, 4.69) is 4.98 Å². The first-order valence-corrected chi connectivity index (χ1v) is 10.6. The van der Waals surface area contributed by atoms with E-state index in [4.69, 9.17) is 9.47 Å². The topological polar surface area (TPSA) is 71.9 Å². The number of nitrogens with zero attached hydrogens (tertiary/aromatic N) is 2. The van der Waals surface area contributed by atoms with E-state index >= 15 is 0 Å². The van der Waals surface area contributed by atoms with Crippen molar-refractivity contribution in [3.8, 4) is 5.88 Å². The van der Waals surface area contributed by atoms with E-state index in [0.29, 0.717) is 31.2 Å². The van der Waals surface area contributed by atoms with Gasteiger partial charge in [-0.15, -0.1) is 0 Å². The van der Waals surface area contributed by atoms with E-state index in [-0.39, 0.29) is 25.0 Å². The second kappa shape index (κ2) is 9.07. The molecule has 2 aliphatic rings. The van der Waals surface area contributed by atoms with Gasteiger partial charge >= 0.3 is 6.18 Å². The minimum atomic E-state index is -4.41. The molecule has 2 aliphatic heterocycles. The van der Waals surface area contributed by atoms with Crippen LogP contribution in [0.3, 0.4) is 0 Å². The van der Waals surface area contributed by atoms with Crippen molar-refractivity contribution in [2.45, 2.75) is 31.0 Å². The van der Waals surface area contributed by atoms with Crippen LogP contribution in [0.5, 0.6) is 5.88 Å². The van der Waals surface area contributed by atoms with E-state index in [1.807, 2.05) is 4.90 Å². The predicted octanol–water partition coefficient (Wildman–Crippen LogP) is 3.64. The van der Waals surface area contributed by atoms with E-state index in [1.165, 1.54) is 6.07 Å². The highest BCUT2D eigenvalue weighted by Gasteiger charge is 2.38. The molecule has 0 aliphatic carbocycles. The van der Waals surface area contributed by atoms with Gasteiger partial charge in [-0.1, -0.05) is 12.1 Å². The molecule has 3 heterocycles. The summed E-state index contributed by atoms with van der Waals surface area (Å²) in [5.74, 6) is 0.521. The van der Waals surface area contributed by atoms with Crippen LogP contribution in [0.25, 0.3) is 0 Å². The molecule has 0 radical (unpaired) electrons. The summed E-state index contributed by atoms with van der Waals surface area (Å²) in [7, 11) is 0. The van der Waals surface area contributed by atoms with Crippen LogP contribution in [-0.2, 0) is 16.5 Å². The summed E-state index contributed by atoms with van der Waals surface area (Å²) in [4.78, 5) is 18.3. The lowest BCUT2D eigenvalue weighted by atomic mass is 9.91. The maximum atomic E-state index is 12.8. The number of carbonyl (C=O) groups is 1. The Morgan fingerprint density at radius 3 is 2.38 bits per heavy atom. The lowest BCUT2D eigenvalue weighted by molar-refractivity contribution is -0.184. The number of benzene rings is 1. The highest BCUT2D eigenvalue weighted by Crippen LogP contribution is 2.30. The Bertz CT molecular complexity index is 920. The van der Waals surface area contributed by atoms with Crippen molar-refractivity contribution in [2.24, 2.45) is 5.92 Å². The Balaban J connectivity index is 1.20. The van der Waals surface area contributed by atoms with Crippen molar-refractivity contribution in [2.75, 3.05) is 32.9 Å². The molecular formula is C23H25F3N2O4. The number of aliphatic hydroxyl groups is 1. The third-order valence-electron chi connectivity index (χ3n) is 6.09. The molecular weight excluding hydrogens is 425 g/mol. The Morgan fingerprint density at radius 2 is 1.84 bits per heavy atom. The van der Waals surface area contributed by atoms with Crippen LogP contribution in [-0.4, -0.2) is 53.8 Å². The molecule has 2 saturated heterocycles. The van der Waals surface area contributed by atoms with E-state index in [9.17, 15) is 23.1 Å². The van der Waals surface area contributed by atoms with E-state index < -0.39 is 17.3 Å². The van der Waals surface area contributed by atoms with Crippen molar-refractivity contribution >= 4 is 5.91 Å². The van der Waals surface area contributed by atoms with Gasteiger partial charge in [-0.05, 0) is 48.9 Å². The molecule has 6 nitrogen and oxygen atoms in total. The van der Waals surface area contributed by atoms with Crippen molar-refractivity contribution in [1.82, 2.24) is 9.88 Å². The minimum absolute atomic E-state index is 0.0305. The number of likely N-dealkylation sites (tertiary alicyclic amines) is 1. The number of hydrogen-bond acceptors (Lipinski definition) is 5. The fraction of sp³-hybridized carbons (Fsp3) is 0.478. The van der Waals surface area contributed by atoms with Gasteiger partial charge in [0.1, 0.15) is 5.60 Å². The van der Waals surface area contributed by atoms with E-state index in [1.54, 1.807) is 24.3 Å². The molecule has 0 bridgehead atoms. The summed E-state index contributed by atoms with van der Waals surface area (Å²) in [5, 5.41) is 10.3. The zero-order chi connectivity index (χ0) is 22.8. The molecule has 0 saturated carbocycles. The Hall–Kier alpha value is -2.65.